The SMILES string of the molecule is Nc1c([N+](=O)[O-])cnn1Cc1ccc(OC(F)(F)F)cc1. The lowest BCUT2D eigenvalue weighted by molar-refractivity contribution is -0.384. The summed E-state index contributed by atoms with van der Waals surface area (Å²) in [6.45, 7) is 0.0893. The first-order valence-electron chi connectivity index (χ1n) is 5.56. The largest absolute Gasteiger partial charge is 0.573 e. The lowest BCUT2D eigenvalue weighted by atomic mass is 10.2. The maximum absolute atomic E-state index is 12.0. The molecule has 7 nitrogen and oxygen atoms in total. The fraction of sp³-hybridized carbons (Fsp3) is 0.182. The third-order valence-electron chi connectivity index (χ3n) is 2.55. The molecular formula is C11H9F3N4O3. The van der Waals surface area contributed by atoms with Gasteiger partial charge in [-0.15, -0.1) is 13.2 Å². The molecule has 0 aliphatic heterocycles. The van der Waals surface area contributed by atoms with E-state index in [4.69, 9.17) is 5.73 Å². The predicted molar refractivity (Wildman–Crippen MR) is 65.5 cm³/mol. The molecule has 2 N–H and O–H groups in total. The van der Waals surface area contributed by atoms with Crippen LogP contribution in [0.4, 0.5) is 24.7 Å². The minimum Gasteiger partial charge on any atom is -0.406 e. The Labute approximate surface area is 115 Å². The van der Waals surface area contributed by atoms with Crippen molar-refractivity contribution in [3.8, 4) is 5.75 Å². The van der Waals surface area contributed by atoms with Crippen LogP contribution in [0.2, 0.25) is 0 Å². The topological polar surface area (TPSA) is 96.2 Å². The van der Waals surface area contributed by atoms with Gasteiger partial charge < -0.3 is 10.5 Å². The van der Waals surface area contributed by atoms with E-state index in [1.54, 1.807) is 0 Å². The van der Waals surface area contributed by atoms with Crippen molar-refractivity contribution in [3.63, 3.8) is 0 Å². The van der Waals surface area contributed by atoms with Gasteiger partial charge in [-0.25, -0.2) is 4.68 Å². The second kappa shape index (κ2) is 5.31. The Hall–Kier alpha value is -2.78. The molecule has 1 heterocycles. The molecule has 2 aromatic rings. The number of benzene rings is 1. The summed E-state index contributed by atoms with van der Waals surface area (Å²) < 4.78 is 40.9. The standard InChI is InChI=1S/C11H9F3N4O3/c12-11(13,14)21-8-3-1-7(2-4-8)6-17-10(15)9(5-16-17)18(19)20/h1-5H,6,15H2. The van der Waals surface area contributed by atoms with Crippen LogP contribution >= 0.6 is 0 Å². The molecule has 21 heavy (non-hydrogen) atoms. The maximum Gasteiger partial charge on any atom is 0.573 e. The van der Waals surface area contributed by atoms with E-state index in [9.17, 15) is 23.3 Å². The molecule has 0 aliphatic rings. The fourth-order valence-corrected chi connectivity index (χ4v) is 1.62. The minimum absolute atomic E-state index is 0.0893. The molecule has 0 bridgehead atoms. The smallest absolute Gasteiger partial charge is 0.406 e. The third-order valence-corrected chi connectivity index (χ3v) is 2.55. The van der Waals surface area contributed by atoms with Gasteiger partial charge in [-0.05, 0) is 17.7 Å². The van der Waals surface area contributed by atoms with Gasteiger partial charge in [0.2, 0.25) is 5.82 Å². The normalized spacial score (nSPS) is 11.4. The summed E-state index contributed by atoms with van der Waals surface area (Å²) in [5.41, 5.74) is 5.79. The summed E-state index contributed by atoms with van der Waals surface area (Å²) in [7, 11) is 0. The number of anilines is 1. The van der Waals surface area contributed by atoms with Crippen LogP contribution in [0.3, 0.4) is 0 Å². The second-order valence-corrected chi connectivity index (χ2v) is 4.02. The quantitative estimate of drug-likeness (QED) is 0.690. The van der Waals surface area contributed by atoms with Gasteiger partial charge in [0.15, 0.2) is 0 Å². The molecule has 0 saturated heterocycles. The highest BCUT2D eigenvalue weighted by Gasteiger charge is 2.30. The first-order chi connectivity index (χ1) is 9.76. The number of ether oxygens (including phenoxy) is 1. The first-order valence-corrected chi connectivity index (χ1v) is 5.56. The average Bonchev–Trinajstić information content (AvgIpc) is 2.72. The van der Waals surface area contributed by atoms with Gasteiger partial charge in [0, 0.05) is 0 Å². The Morgan fingerprint density at radius 1 is 1.33 bits per heavy atom. The molecule has 10 heteroatoms. The van der Waals surface area contributed by atoms with Crippen molar-refractivity contribution in [1.29, 1.82) is 0 Å². The van der Waals surface area contributed by atoms with Crippen molar-refractivity contribution in [2.75, 3.05) is 5.73 Å². The van der Waals surface area contributed by atoms with Crippen LogP contribution in [0.5, 0.6) is 5.75 Å². The van der Waals surface area contributed by atoms with Gasteiger partial charge in [0.25, 0.3) is 0 Å². The van der Waals surface area contributed by atoms with E-state index in [1.165, 1.54) is 16.8 Å². The lowest BCUT2D eigenvalue weighted by Gasteiger charge is -2.09. The molecule has 0 radical (unpaired) electrons. The van der Waals surface area contributed by atoms with E-state index in [1.807, 2.05) is 0 Å². The Morgan fingerprint density at radius 2 is 1.95 bits per heavy atom. The predicted octanol–water partition coefficient (Wildman–Crippen LogP) is 2.32. The highest BCUT2D eigenvalue weighted by Crippen LogP contribution is 2.24. The molecule has 112 valence electrons. The summed E-state index contributed by atoms with van der Waals surface area (Å²) in [6, 6.07) is 5.04. The Bertz CT molecular complexity index is 652. The van der Waals surface area contributed by atoms with Crippen molar-refractivity contribution in [1.82, 2.24) is 9.78 Å². The minimum atomic E-state index is -4.76. The van der Waals surface area contributed by atoms with Gasteiger partial charge >= 0.3 is 12.0 Å². The van der Waals surface area contributed by atoms with Crippen LogP contribution in [0.25, 0.3) is 0 Å². The zero-order chi connectivity index (χ0) is 15.6. The van der Waals surface area contributed by atoms with Crippen LogP contribution < -0.4 is 10.5 Å². The Morgan fingerprint density at radius 3 is 2.43 bits per heavy atom. The van der Waals surface area contributed by atoms with Crippen molar-refractivity contribution in [2.24, 2.45) is 0 Å². The molecule has 2 rings (SSSR count). The summed E-state index contributed by atoms with van der Waals surface area (Å²) in [6.07, 6.45) is -3.75. The highest BCUT2D eigenvalue weighted by atomic mass is 19.4. The van der Waals surface area contributed by atoms with E-state index < -0.39 is 11.3 Å². The number of alkyl halides is 3. The number of hydrogen-bond donors (Lipinski definition) is 1. The molecule has 0 atom stereocenters. The molecule has 0 amide bonds. The fourth-order valence-electron chi connectivity index (χ4n) is 1.62. The van der Waals surface area contributed by atoms with Gasteiger partial charge in [0.05, 0.1) is 11.5 Å². The Kier molecular flexibility index (Phi) is 3.70. The lowest BCUT2D eigenvalue weighted by Crippen LogP contribution is -2.17. The van der Waals surface area contributed by atoms with Crippen LogP contribution in [0.15, 0.2) is 30.5 Å². The van der Waals surface area contributed by atoms with Gasteiger partial charge in [-0.1, -0.05) is 12.1 Å². The number of rotatable bonds is 4. The monoisotopic (exact) mass is 302 g/mol. The number of halogens is 3. The van der Waals surface area contributed by atoms with Gasteiger partial charge in [0.1, 0.15) is 11.9 Å². The van der Waals surface area contributed by atoms with Crippen LogP contribution in [0, 0.1) is 10.1 Å². The highest BCUT2D eigenvalue weighted by molar-refractivity contribution is 5.51. The first kappa shape index (κ1) is 14.6. The van der Waals surface area contributed by atoms with Gasteiger partial charge in [-0.2, -0.15) is 5.10 Å². The number of nitrogens with two attached hydrogens (primary N) is 1. The number of aromatic nitrogens is 2. The van der Waals surface area contributed by atoms with Crippen LogP contribution in [-0.4, -0.2) is 21.1 Å². The summed E-state index contributed by atoms with van der Waals surface area (Å²) >= 11 is 0. The molecule has 0 unspecified atom stereocenters. The molecule has 1 aromatic carbocycles. The molecular weight excluding hydrogens is 293 g/mol. The summed E-state index contributed by atoms with van der Waals surface area (Å²) in [5, 5.41) is 14.4. The summed E-state index contributed by atoms with van der Waals surface area (Å²) in [4.78, 5) is 9.95. The number of hydrogen-bond acceptors (Lipinski definition) is 5. The Balaban J connectivity index is 2.12. The zero-order valence-corrected chi connectivity index (χ0v) is 10.4. The molecule has 0 saturated carbocycles. The molecule has 1 aromatic heterocycles. The molecule has 0 spiro atoms. The number of nitrogens with zero attached hydrogens (tertiary/aromatic N) is 3. The van der Waals surface area contributed by atoms with Crippen molar-refractivity contribution in [3.05, 3.63) is 46.1 Å². The summed E-state index contributed by atoms with van der Waals surface area (Å²) in [5.74, 6) is -0.485. The number of nitrogen functional groups attached to an aromatic ring is 1. The molecule has 0 fully saturated rings. The van der Waals surface area contributed by atoms with Crippen LogP contribution in [0.1, 0.15) is 5.56 Å². The van der Waals surface area contributed by atoms with E-state index in [2.05, 4.69) is 9.84 Å². The van der Waals surface area contributed by atoms with E-state index in [0.29, 0.717) is 5.56 Å². The van der Waals surface area contributed by atoms with E-state index in [-0.39, 0.29) is 23.8 Å². The third kappa shape index (κ3) is 3.61. The van der Waals surface area contributed by atoms with E-state index >= 15 is 0 Å². The van der Waals surface area contributed by atoms with Gasteiger partial charge in [-0.3, -0.25) is 10.1 Å². The van der Waals surface area contributed by atoms with Crippen LogP contribution in [-0.2, 0) is 6.54 Å². The maximum atomic E-state index is 12.0. The zero-order valence-electron chi connectivity index (χ0n) is 10.4. The van der Waals surface area contributed by atoms with E-state index in [0.717, 1.165) is 18.3 Å². The van der Waals surface area contributed by atoms with Crippen molar-refractivity contribution < 1.29 is 22.8 Å². The van der Waals surface area contributed by atoms with Crippen molar-refractivity contribution >= 4 is 11.5 Å². The number of nitro groups is 1. The van der Waals surface area contributed by atoms with Crippen molar-refractivity contribution in [2.45, 2.75) is 12.9 Å². The average molecular weight is 302 g/mol. The molecule has 0 aliphatic carbocycles. The second-order valence-electron chi connectivity index (χ2n) is 4.02.